The van der Waals surface area contributed by atoms with Crippen molar-refractivity contribution in [3.05, 3.63) is 53.1 Å². The van der Waals surface area contributed by atoms with Gasteiger partial charge in [0.1, 0.15) is 0 Å². The number of nitrogens with zero attached hydrogens (tertiary/aromatic N) is 1. The van der Waals surface area contributed by atoms with Crippen LogP contribution >= 0.6 is 0 Å². The molecule has 1 aromatic rings. The van der Waals surface area contributed by atoms with Crippen LogP contribution in [0.3, 0.4) is 0 Å². The van der Waals surface area contributed by atoms with E-state index in [4.69, 9.17) is 5.73 Å². The first-order valence-corrected chi connectivity index (χ1v) is 9.49. The number of benzene rings is 1. The largest absolute Gasteiger partial charge is 0.366 e. The summed E-state index contributed by atoms with van der Waals surface area (Å²) >= 11 is 0. The first kappa shape index (κ1) is 18.6. The highest BCUT2D eigenvalue weighted by Gasteiger charge is 2.31. The first-order valence-electron chi connectivity index (χ1n) is 9.49. The van der Waals surface area contributed by atoms with Crippen molar-refractivity contribution in [3.63, 3.8) is 0 Å². The van der Waals surface area contributed by atoms with Crippen LogP contribution in [0.1, 0.15) is 57.5 Å². The third-order valence-electron chi connectivity index (χ3n) is 5.43. The smallest absolute Gasteiger partial charge is 0.249 e. The number of ketones is 1. The summed E-state index contributed by atoms with van der Waals surface area (Å²) < 4.78 is 0. The lowest BCUT2D eigenvalue weighted by molar-refractivity contribution is 0.0814. The number of hydrogen-bond donors (Lipinski definition) is 1. The maximum atomic E-state index is 13.1. The number of nitrogens with two attached hydrogens (primary N) is 1. The Morgan fingerprint density at radius 3 is 2.73 bits per heavy atom. The Labute approximate surface area is 155 Å². The summed E-state index contributed by atoms with van der Waals surface area (Å²) in [7, 11) is 0. The quantitative estimate of drug-likeness (QED) is 0.602. The minimum Gasteiger partial charge on any atom is -0.366 e. The minimum atomic E-state index is -0.509. The minimum absolute atomic E-state index is 0.0113. The number of aryl methyl sites for hydroxylation is 1. The van der Waals surface area contributed by atoms with Gasteiger partial charge in [-0.25, -0.2) is 0 Å². The maximum absolute atomic E-state index is 13.1. The lowest BCUT2D eigenvalue weighted by Crippen LogP contribution is -2.39. The van der Waals surface area contributed by atoms with E-state index in [-0.39, 0.29) is 11.7 Å². The number of primary amides is 1. The van der Waals surface area contributed by atoms with Crippen molar-refractivity contribution in [2.45, 2.75) is 32.6 Å². The zero-order valence-corrected chi connectivity index (χ0v) is 15.5. The number of hydrogen-bond acceptors (Lipinski definition) is 3. The van der Waals surface area contributed by atoms with Crippen LogP contribution in [0.4, 0.5) is 0 Å². The molecule has 2 aliphatic rings. The Morgan fingerprint density at radius 1 is 1.31 bits per heavy atom. The number of likely N-dealkylation sites (tertiary alicyclic amines) is 1. The van der Waals surface area contributed by atoms with Crippen molar-refractivity contribution in [2.75, 3.05) is 19.6 Å². The predicted octanol–water partition coefficient (Wildman–Crippen LogP) is 3.60. The van der Waals surface area contributed by atoms with Crippen LogP contribution in [0, 0.1) is 18.8 Å². The fraction of sp³-hybridized carbons (Fsp3) is 0.455. The molecule has 3 rings (SSSR count). The topological polar surface area (TPSA) is 63.4 Å². The van der Waals surface area contributed by atoms with E-state index in [1.807, 2.05) is 19.1 Å². The summed E-state index contributed by atoms with van der Waals surface area (Å²) in [4.78, 5) is 27.4. The van der Waals surface area contributed by atoms with E-state index in [9.17, 15) is 9.59 Å². The van der Waals surface area contributed by atoms with Gasteiger partial charge in [0.2, 0.25) is 5.91 Å². The number of Topliss-reactive ketones (excluding diaryl/α,β-unsaturated/α-hetero) is 1. The zero-order chi connectivity index (χ0) is 18.7. The molecule has 1 aromatic carbocycles. The third kappa shape index (κ3) is 4.31. The summed E-state index contributed by atoms with van der Waals surface area (Å²) in [5.41, 5.74) is 8.21. The van der Waals surface area contributed by atoms with Crippen molar-refractivity contribution in [1.82, 2.24) is 4.90 Å². The Kier molecular flexibility index (Phi) is 5.72. The SMILES string of the molecule is C=C/C=C\c1c(C)cc(C(=O)C2CCCN(CC3CC3)C2)cc1C(N)=O. The molecule has 1 amide bonds. The van der Waals surface area contributed by atoms with Crippen LogP contribution in [0.5, 0.6) is 0 Å². The average molecular weight is 352 g/mol. The molecule has 4 heteroatoms. The van der Waals surface area contributed by atoms with Gasteiger partial charge < -0.3 is 10.6 Å². The van der Waals surface area contributed by atoms with E-state index in [0.717, 1.165) is 49.5 Å². The molecule has 26 heavy (non-hydrogen) atoms. The summed E-state index contributed by atoms with van der Waals surface area (Å²) in [6.07, 6.45) is 9.88. The highest BCUT2D eigenvalue weighted by molar-refractivity contribution is 6.03. The number of allylic oxidation sites excluding steroid dienone is 2. The summed E-state index contributed by atoms with van der Waals surface area (Å²) in [5, 5.41) is 0. The number of piperidine rings is 1. The summed E-state index contributed by atoms with van der Waals surface area (Å²) in [6.45, 7) is 8.62. The molecule has 0 radical (unpaired) electrons. The molecule has 1 unspecified atom stereocenters. The maximum Gasteiger partial charge on any atom is 0.249 e. The molecule has 0 bridgehead atoms. The fourth-order valence-electron chi connectivity index (χ4n) is 3.87. The third-order valence-corrected chi connectivity index (χ3v) is 5.43. The van der Waals surface area contributed by atoms with Gasteiger partial charge in [0.05, 0.1) is 0 Å². The fourth-order valence-corrected chi connectivity index (χ4v) is 3.87. The second-order valence-electron chi connectivity index (χ2n) is 7.62. The van der Waals surface area contributed by atoms with Crippen molar-refractivity contribution in [2.24, 2.45) is 17.6 Å². The number of amides is 1. The van der Waals surface area contributed by atoms with Crippen molar-refractivity contribution >= 4 is 17.8 Å². The van der Waals surface area contributed by atoms with E-state index >= 15 is 0 Å². The van der Waals surface area contributed by atoms with Crippen molar-refractivity contribution in [3.8, 4) is 0 Å². The van der Waals surface area contributed by atoms with Gasteiger partial charge >= 0.3 is 0 Å². The van der Waals surface area contributed by atoms with E-state index in [0.29, 0.717) is 11.1 Å². The standard InChI is InChI=1S/C22H28N2O2/c1-3-4-7-19-15(2)11-18(12-20(19)22(23)26)21(25)17-6-5-10-24(14-17)13-16-8-9-16/h3-4,7,11-12,16-17H,1,5-6,8-10,13-14H2,2H3,(H2,23,26)/b7-4-. The van der Waals surface area contributed by atoms with Gasteiger partial charge in [0.15, 0.2) is 5.78 Å². The highest BCUT2D eigenvalue weighted by atomic mass is 16.1. The van der Waals surface area contributed by atoms with Crippen molar-refractivity contribution in [1.29, 1.82) is 0 Å². The molecule has 1 aliphatic carbocycles. The number of carbonyl (C=O) groups excluding carboxylic acids is 2. The van der Waals surface area contributed by atoms with Gasteiger partial charge in [0.25, 0.3) is 0 Å². The molecule has 2 fully saturated rings. The Bertz CT molecular complexity index is 747. The molecule has 2 N–H and O–H groups in total. The van der Waals surface area contributed by atoms with Crippen LogP contribution in [0.2, 0.25) is 0 Å². The first-order chi connectivity index (χ1) is 12.5. The lowest BCUT2D eigenvalue weighted by Gasteiger charge is -2.32. The molecule has 1 saturated carbocycles. The van der Waals surface area contributed by atoms with E-state index < -0.39 is 5.91 Å². The summed E-state index contributed by atoms with van der Waals surface area (Å²) in [5.74, 6) is 0.474. The van der Waals surface area contributed by atoms with Gasteiger partial charge in [-0.15, -0.1) is 0 Å². The summed E-state index contributed by atoms with van der Waals surface area (Å²) in [6, 6.07) is 3.55. The monoisotopic (exact) mass is 352 g/mol. The van der Waals surface area contributed by atoms with Gasteiger partial charge in [-0.2, -0.15) is 0 Å². The molecule has 1 aliphatic heterocycles. The van der Waals surface area contributed by atoms with Crippen LogP contribution < -0.4 is 5.73 Å². The molecular formula is C22H28N2O2. The van der Waals surface area contributed by atoms with Crippen LogP contribution in [-0.4, -0.2) is 36.2 Å². The Hall–Kier alpha value is -2.20. The second kappa shape index (κ2) is 8.00. The molecular weight excluding hydrogens is 324 g/mol. The Balaban J connectivity index is 1.83. The van der Waals surface area contributed by atoms with Crippen LogP contribution in [-0.2, 0) is 0 Å². The average Bonchev–Trinajstić information content (AvgIpc) is 3.43. The van der Waals surface area contributed by atoms with Gasteiger partial charge in [0, 0.05) is 30.1 Å². The van der Waals surface area contributed by atoms with Crippen molar-refractivity contribution < 1.29 is 9.59 Å². The molecule has 1 heterocycles. The number of carbonyl (C=O) groups is 2. The van der Waals surface area contributed by atoms with E-state index in [2.05, 4.69) is 11.5 Å². The van der Waals surface area contributed by atoms with Gasteiger partial charge in [-0.3, -0.25) is 9.59 Å². The van der Waals surface area contributed by atoms with Gasteiger partial charge in [-0.1, -0.05) is 24.8 Å². The molecule has 1 saturated heterocycles. The van der Waals surface area contributed by atoms with E-state index in [1.54, 1.807) is 18.2 Å². The Morgan fingerprint density at radius 2 is 2.08 bits per heavy atom. The lowest BCUT2D eigenvalue weighted by atomic mass is 9.87. The van der Waals surface area contributed by atoms with E-state index in [1.165, 1.54) is 12.8 Å². The molecule has 0 spiro atoms. The molecule has 4 nitrogen and oxygen atoms in total. The molecule has 0 aromatic heterocycles. The van der Waals surface area contributed by atoms with Crippen LogP contribution in [0.15, 0.2) is 30.9 Å². The second-order valence-corrected chi connectivity index (χ2v) is 7.62. The normalized spacial score (nSPS) is 21.0. The highest BCUT2D eigenvalue weighted by Crippen LogP contribution is 2.32. The van der Waals surface area contributed by atoms with Crippen LogP contribution in [0.25, 0.3) is 6.08 Å². The zero-order valence-electron chi connectivity index (χ0n) is 15.5. The molecule has 1 atom stereocenters. The molecule has 138 valence electrons. The number of rotatable bonds is 7. The predicted molar refractivity (Wildman–Crippen MR) is 105 cm³/mol. The van der Waals surface area contributed by atoms with Gasteiger partial charge in [-0.05, 0) is 68.3 Å².